The smallest absolute Gasteiger partial charge is 0.145 e. The van der Waals surface area contributed by atoms with Crippen LogP contribution in [0.5, 0.6) is 0 Å². The Bertz CT molecular complexity index is 3070. The monoisotopic (exact) mass is 624 g/mol. The van der Waals surface area contributed by atoms with Crippen LogP contribution in [0.2, 0.25) is 0 Å². The number of aromatic nitrogens is 2. The van der Waals surface area contributed by atoms with Crippen LogP contribution in [0.1, 0.15) is 11.1 Å². The van der Waals surface area contributed by atoms with E-state index in [1.165, 1.54) is 0 Å². The molecule has 10 aromatic rings. The van der Waals surface area contributed by atoms with E-state index in [0.29, 0.717) is 11.1 Å². The van der Waals surface area contributed by atoms with Crippen LogP contribution in [0, 0.1) is 22.7 Å². The van der Waals surface area contributed by atoms with Crippen LogP contribution >= 0.6 is 0 Å². The summed E-state index contributed by atoms with van der Waals surface area (Å²) < 4.78 is 11.1. The zero-order valence-corrected chi connectivity index (χ0v) is 26.1. The first-order chi connectivity index (χ1) is 24.2. The Hall–Kier alpha value is -7.08. The second-order valence-electron chi connectivity index (χ2n) is 12.3. The van der Waals surface area contributed by atoms with Crippen LogP contribution in [0.15, 0.2) is 150 Å². The summed E-state index contributed by atoms with van der Waals surface area (Å²) in [6.45, 7) is 0. The molecule has 0 radical (unpaired) electrons. The molecular formula is C44H24N4O. The summed E-state index contributed by atoms with van der Waals surface area (Å²) in [6, 6.07) is 54.1. The highest BCUT2D eigenvalue weighted by atomic mass is 16.3. The lowest BCUT2D eigenvalue weighted by molar-refractivity contribution is 0.673. The van der Waals surface area contributed by atoms with Gasteiger partial charge in [0.2, 0.25) is 0 Å². The molecule has 0 saturated carbocycles. The van der Waals surface area contributed by atoms with Gasteiger partial charge in [-0.25, -0.2) is 0 Å². The number of para-hydroxylation sites is 3. The summed E-state index contributed by atoms with van der Waals surface area (Å²) in [5.41, 5.74) is 10.7. The molecule has 5 nitrogen and oxygen atoms in total. The molecule has 0 fully saturated rings. The largest absolute Gasteiger partial charge is 0.455 e. The Morgan fingerprint density at radius 2 is 1.24 bits per heavy atom. The van der Waals surface area contributed by atoms with E-state index in [1.54, 1.807) is 0 Å². The number of nitriles is 2. The van der Waals surface area contributed by atoms with E-state index < -0.39 is 0 Å². The third-order valence-corrected chi connectivity index (χ3v) is 9.78. The standard InChI is InChI=1S/C44H24N4O/c45-25-27-17-21-37-35(23-27)31-12-4-6-14-36(31)48(37)38-15-8-9-29(26-46)42(38)28-18-19-34-40(24-28)47(30-10-2-1-3-11-30)39-22-20-33-32-13-5-7-16-41(32)49-44(33)43(34)39/h1-24H. The van der Waals surface area contributed by atoms with Crippen LogP contribution in [0.4, 0.5) is 0 Å². The molecule has 0 N–H and O–H groups in total. The minimum Gasteiger partial charge on any atom is -0.455 e. The number of rotatable bonds is 3. The number of benzene rings is 7. The summed E-state index contributed by atoms with van der Waals surface area (Å²) in [6.07, 6.45) is 0. The third kappa shape index (κ3) is 3.79. The molecule has 3 aromatic heterocycles. The molecule has 5 heteroatoms. The predicted octanol–water partition coefficient (Wildman–Crippen LogP) is 11.2. The maximum atomic E-state index is 10.5. The van der Waals surface area contributed by atoms with E-state index >= 15 is 0 Å². The van der Waals surface area contributed by atoms with Gasteiger partial charge in [-0.3, -0.25) is 0 Å². The van der Waals surface area contributed by atoms with Crippen LogP contribution < -0.4 is 0 Å². The van der Waals surface area contributed by atoms with E-state index in [-0.39, 0.29) is 0 Å². The Kier molecular flexibility index (Phi) is 5.64. The van der Waals surface area contributed by atoms with Gasteiger partial charge >= 0.3 is 0 Å². The number of nitrogens with zero attached hydrogens (tertiary/aromatic N) is 4. The maximum absolute atomic E-state index is 10.5. The molecular weight excluding hydrogens is 601 g/mol. The molecule has 0 bridgehead atoms. The van der Waals surface area contributed by atoms with Gasteiger partial charge in [0.1, 0.15) is 11.2 Å². The zero-order chi connectivity index (χ0) is 32.6. The maximum Gasteiger partial charge on any atom is 0.145 e. The van der Waals surface area contributed by atoms with Crippen molar-refractivity contribution in [1.29, 1.82) is 10.5 Å². The molecule has 0 atom stereocenters. The summed E-state index contributed by atoms with van der Waals surface area (Å²) in [7, 11) is 0. The van der Waals surface area contributed by atoms with Crippen molar-refractivity contribution in [2.24, 2.45) is 0 Å². The molecule has 7 aromatic carbocycles. The summed E-state index contributed by atoms with van der Waals surface area (Å²) in [4.78, 5) is 0. The molecule has 0 spiro atoms. The molecule has 10 rings (SSSR count). The van der Waals surface area contributed by atoms with Crippen molar-refractivity contribution >= 4 is 65.6 Å². The average Bonchev–Trinajstić information content (AvgIpc) is 3.81. The molecule has 0 aliphatic heterocycles. The Labute approximate surface area is 280 Å². The number of fused-ring (bicyclic) bond motifs is 10. The van der Waals surface area contributed by atoms with Crippen LogP contribution in [-0.4, -0.2) is 9.13 Å². The first-order valence-corrected chi connectivity index (χ1v) is 16.1. The Morgan fingerprint density at radius 3 is 2.10 bits per heavy atom. The van der Waals surface area contributed by atoms with Crippen LogP contribution in [0.3, 0.4) is 0 Å². The topological polar surface area (TPSA) is 70.6 Å². The fraction of sp³-hybridized carbons (Fsp3) is 0. The van der Waals surface area contributed by atoms with E-state index in [4.69, 9.17) is 4.42 Å². The lowest BCUT2D eigenvalue weighted by Gasteiger charge is -2.16. The van der Waals surface area contributed by atoms with Crippen molar-refractivity contribution in [3.8, 4) is 34.6 Å². The molecule has 0 aliphatic rings. The lowest BCUT2D eigenvalue weighted by atomic mass is 9.96. The average molecular weight is 625 g/mol. The number of hydrogen-bond donors (Lipinski definition) is 0. The van der Waals surface area contributed by atoms with E-state index in [1.807, 2.05) is 66.7 Å². The van der Waals surface area contributed by atoms with Gasteiger partial charge in [0.25, 0.3) is 0 Å². The van der Waals surface area contributed by atoms with Crippen molar-refractivity contribution in [3.05, 3.63) is 157 Å². The second-order valence-corrected chi connectivity index (χ2v) is 12.3. The molecule has 49 heavy (non-hydrogen) atoms. The van der Waals surface area contributed by atoms with E-state index in [2.05, 4.69) is 100 Å². The summed E-state index contributed by atoms with van der Waals surface area (Å²) >= 11 is 0. The lowest BCUT2D eigenvalue weighted by Crippen LogP contribution is -2.00. The van der Waals surface area contributed by atoms with Gasteiger partial charge in [0.05, 0.1) is 56.4 Å². The van der Waals surface area contributed by atoms with Gasteiger partial charge in [0, 0.05) is 38.2 Å². The molecule has 0 aliphatic carbocycles. The van der Waals surface area contributed by atoms with Crippen molar-refractivity contribution in [2.75, 3.05) is 0 Å². The molecule has 226 valence electrons. The van der Waals surface area contributed by atoms with Gasteiger partial charge in [-0.1, -0.05) is 72.8 Å². The van der Waals surface area contributed by atoms with Crippen molar-refractivity contribution in [1.82, 2.24) is 9.13 Å². The van der Waals surface area contributed by atoms with Gasteiger partial charge < -0.3 is 13.6 Å². The minimum absolute atomic E-state index is 0.582. The van der Waals surface area contributed by atoms with Crippen molar-refractivity contribution in [2.45, 2.75) is 0 Å². The normalized spacial score (nSPS) is 11.6. The van der Waals surface area contributed by atoms with Gasteiger partial charge in [-0.05, 0) is 78.4 Å². The van der Waals surface area contributed by atoms with E-state index in [9.17, 15) is 10.5 Å². The molecule has 0 unspecified atom stereocenters. The summed E-state index contributed by atoms with van der Waals surface area (Å²) in [5.74, 6) is 0. The zero-order valence-electron chi connectivity index (χ0n) is 26.1. The highest BCUT2D eigenvalue weighted by Gasteiger charge is 2.22. The number of hydrogen-bond acceptors (Lipinski definition) is 3. The Morgan fingerprint density at radius 1 is 0.490 bits per heavy atom. The van der Waals surface area contributed by atoms with Gasteiger partial charge in [-0.15, -0.1) is 0 Å². The van der Waals surface area contributed by atoms with Crippen LogP contribution in [0.25, 0.3) is 88.1 Å². The van der Waals surface area contributed by atoms with Crippen molar-refractivity contribution in [3.63, 3.8) is 0 Å². The van der Waals surface area contributed by atoms with E-state index in [0.717, 1.165) is 88.1 Å². The van der Waals surface area contributed by atoms with Gasteiger partial charge in [0.15, 0.2) is 0 Å². The SMILES string of the molecule is N#Cc1ccc2c(c1)c1ccccc1n2-c1cccc(C#N)c1-c1ccc2c3c4oc5ccccc5c4ccc3n(-c3ccccc3)c2c1. The summed E-state index contributed by atoms with van der Waals surface area (Å²) in [5, 5.41) is 26.6. The predicted molar refractivity (Wildman–Crippen MR) is 197 cm³/mol. The van der Waals surface area contributed by atoms with Gasteiger partial charge in [-0.2, -0.15) is 10.5 Å². The quantitative estimate of drug-likeness (QED) is 0.196. The highest BCUT2D eigenvalue weighted by molar-refractivity contribution is 6.24. The van der Waals surface area contributed by atoms with Crippen LogP contribution in [-0.2, 0) is 0 Å². The van der Waals surface area contributed by atoms with Crippen molar-refractivity contribution < 1.29 is 4.42 Å². The molecule has 0 amide bonds. The number of furan rings is 1. The fourth-order valence-electron chi connectivity index (χ4n) is 7.72. The molecule has 0 saturated heterocycles. The first kappa shape index (κ1) is 27.1. The first-order valence-electron chi connectivity index (χ1n) is 16.1. The Balaban J connectivity index is 1.31. The molecule has 3 heterocycles. The minimum atomic E-state index is 0.582. The highest BCUT2D eigenvalue weighted by Crippen LogP contribution is 2.43. The second kappa shape index (κ2) is 10.2. The third-order valence-electron chi connectivity index (χ3n) is 9.78. The fourth-order valence-corrected chi connectivity index (χ4v) is 7.72.